The van der Waals surface area contributed by atoms with E-state index in [1.54, 1.807) is 22.7 Å². The minimum atomic E-state index is 0.564. The molecule has 2 aromatic carbocycles. The van der Waals surface area contributed by atoms with Crippen molar-refractivity contribution < 1.29 is 18.9 Å². The first kappa shape index (κ1) is 25.3. The minimum absolute atomic E-state index is 0.564. The molecule has 0 radical (unpaired) electrons. The van der Waals surface area contributed by atoms with Gasteiger partial charge in [-0.1, -0.05) is 46.9 Å². The summed E-state index contributed by atoms with van der Waals surface area (Å²) >= 11 is 3.41. The molecule has 2 aromatic heterocycles. The molecule has 192 valence electrons. The fraction of sp³-hybridized carbons (Fsp3) is 0.462. The average molecular weight is 529 g/mol. The number of thiazole rings is 2. The topological polar surface area (TPSA) is 69.2 Å². The number of hydrogen-bond donors (Lipinski definition) is 0. The number of para-hydroxylation sites is 2. The van der Waals surface area contributed by atoms with Gasteiger partial charge in [0.15, 0.2) is 10.3 Å². The van der Waals surface area contributed by atoms with Crippen molar-refractivity contribution in [2.45, 2.75) is 0 Å². The van der Waals surface area contributed by atoms with Crippen LogP contribution in [0.2, 0.25) is 0 Å². The van der Waals surface area contributed by atoms with Crippen molar-refractivity contribution >= 4 is 53.4 Å². The lowest BCUT2D eigenvalue weighted by atomic mass is 10.3. The minimum Gasteiger partial charge on any atom is -0.377 e. The zero-order chi connectivity index (χ0) is 24.4. The third-order valence-electron chi connectivity index (χ3n) is 5.87. The first-order valence-electron chi connectivity index (χ1n) is 12.4. The maximum atomic E-state index is 5.88. The Labute approximate surface area is 219 Å². The Morgan fingerprint density at radius 2 is 0.861 bits per heavy atom. The third-order valence-corrected chi connectivity index (χ3v) is 8.07. The van der Waals surface area contributed by atoms with Crippen molar-refractivity contribution in [3.63, 3.8) is 0 Å². The summed E-state index contributed by atoms with van der Waals surface area (Å²) in [6.45, 7) is 7.72. The van der Waals surface area contributed by atoms with Crippen LogP contribution in [0.15, 0.2) is 48.5 Å². The molecule has 0 unspecified atom stereocenters. The molecule has 0 amide bonds. The molecule has 4 aromatic rings. The number of anilines is 2. The van der Waals surface area contributed by atoms with Gasteiger partial charge in [0.05, 0.1) is 73.3 Å². The summed E-state index contributed by atoms with van der Waals surface area (Å²) < 4.78 is 25.9. The first-order valence-corrected chi connectivity index (χ1v) is 14.0. The molecular formula is C26H32N4O4S2. The molecule has 0 saturated carbocycles. The smallest absolute Gasteiger partial charge is 0.186 e. The summed E-state index contributed by atoms with van der Waals surface area (Å²) in [5.41, 5.74) is 2.06. The van der Waals surface area contributed by atoms with Gasteiger partial charge in [0.1, 0.15) is 0 Å². The lowest BCUT2D eigenvalue weighted by molar-refractivity contribution is 0.0436. The highest BCUT2D eigenvalue weighted by molar-refractivity contribution is 7.22. The summed E-state index contributed by atoms with van der Waals surface area (Å²) in [6, 6.07) is 16.5. The fourth-order valence-corrected chi connectivity index (χ4v) is 5.97. The predicted molar refractivity (Wildman–Crippen MR) is 147 cm³/mol. The van der Waals surface area contributed by atoms with Crippen LogP contribution in [0.4, 0.5) is 10.3 Å². The Balaban J connectivity index is 1.15. The van der Waals surface area contributed by atoms with Gasteiger partial charge in [0.2, 0.25) is 0 Å². The maximum Gasteiger partial charge on any atom is 0.186 e. The Bertz CT molecular complexity index is 1040. The number of aromatic nitrogens is 2. The van der Waals surface area contributed by atoms with Crippen LogP contribution in [0.1, 0.15) is 0 Å². The van der Waals surface area contributed by atoms with Crippen molar-refractivity contribution in [3.05, 3.63) is 48.5 Å². The second kappa shape index (κ2) is 13.3. The van der Waals surface area contributed by atoms with E-state index in [1.807, 2.05) is 24.3 Å². The summed E-state index contributed by atoms with van der Waals surface area (Å²) in [6.07, 6.45) is 0. The van der Waals surface area contributed by atoms with Gasteiger partial charge in [-0.3, -0.25) is 0 Å². The van der Waals surface area contributed by atoms with Crippen molar-refractivity contribution in [1.82, 2.24) is 9.97 Å². The summed E-state index contributed by atoms with van der Waals surface area (Å²) in [5.74, 6) is 0. The number of hydrogen-bond acceptors (Lipinski definition) is 10. The first-order chi connectivity index (χ1) is 17.9. The van der Waals surface area contributed by atoms with Crippen LogP contribution in [-0.2, 0) is 18.9 Å². The van der Waals surface area contributed by atoms with E-state index >= 15 is 0 Å². The molecule has 1 aliphatic rings. The van der Waals surface area contributed by atoms with E-state index in [0.29, 0.717) is 52.9 Å². The van der Waals surface area contributed by atoms with Crippen LogP contribution < -0.4 is 9.80 Å². The Kier molecular flexibility index (Phi) is 9.33. The monoisotopic (exact) mass is 528 g/mol. The molecule has 0 spiro atoms. The van der Waals surface area contributed by atoms with Gasteiger partial charge in [-0.05, 0) is 24.3 Å². The third kappa shape index (κ3) is 6.90. The summed E-state index contributed by atoms with van der Waals surface area (Å²) in [7, 11) is 0. The van der Waals surface area contributed by atoms with Gasteiger partial charge in [0, 0.05) is 26.2 Å². The molecule has 0 aliphatic carbocycles. The molecule has 0 N–H and O–H groups in total. The van der Waals surface area contributed by atoms with Crippen molar-refractivity contribution in [3.8, 4) is 0 Å². The molecule has 1 saturated heterocycles. The molecule has 0 atom stereocenters. The number of ether oxygens (including phenoxy) is 4. The van der Waals surface area contributed by atoms with Crippen LogP contribution in [0.3, 0.4) is 0 Å². The number of rotatable bonds is 2. The quantitative estimate of drug-likeness (QED) is 0.382. The Morgan fingerprint density at radius 1 is 0.500 bits per heavy atom. The predicted octanol–water partition coefficient (Wildman–Crippen LogP) is 4.30. The van der Waals surface area contributed by atoms with E-state index in [-0.39, 0.29) is 0 Å². The summed E-state index contributed by atoms with van der Waals surface area (Å²) in [4.78, 5) is 14.1. The van der Waals surface area contributed by atoms with Gasteiger partial charge in [0.25, 0.3) is 0 Å². The molecule has 1 fully saturated rings. The number of benzene rings is 2. The van der Waals surface area contributed by atoms with E-state index < -0.39 is 0 Å². The molecule has 36 heavy (non-hydrogen) atoms. The van der Waals surface area contributed by atoms with E-state index in [9.17, 15) is 0 Å². The zero-order valence-corrected chi connectivity index (χ0v) is 22.0. The Morgan fingerprint density at radius 3 is 1.22 bits per heavy atom. The highest BCUT2D eigenvalue weighted by Crippen LogP contribution is 2.29. The van der Waals surface area contributed by atoms with E-state index in [0.717, 1.165) is 47.5 Å². The van der Waals surface area contributed by atoms with Gasteiger partial charge in [-0.15, -0.1) is 0 Å². The van der Waals surface area contributed by atoms with E-state index in [1.165, 1.54) is 9.40 Å². The fourth-order valence-electron chi connectivity index (χ4n) is 3.94. The van der Waals surface area contributed by atoms with Gasteiger partial charge in [-0.25, -0.2) is 9.97 Å². The van der Waals surface area contributed by atoms with Crippen molar-refractivity contribution in [1.29, 1.82) is 0 Å². The number of fused-ring (bicyclic) bond motifs is 2. The molecule has 0 bridgehead atoms. The second-order valence-electron chi connectivity index (χ2n) is 8.35. The molecular weight excluding hydrogens is 496 g/mol. The lowest BCUT2D eigenvalue weighted by Crippen LogP contribution is -2.33. The maximum absolute atomic E-state index is 5.88. The standard InChI is InChI=1S/C26H32N4O4S2/c1-3-7-23-21(5-1)27-25(35-23)29-9-13-31-17-19-33-15-11-30(12-16-34-20-18-32-14-10-29)26-28-22-6-2-4-8-24(22)36-26/h1-8H,9-20H2. The van der Waals surface area contributed by atoms with Gasteiger partial charge in [-0.2, -0.15) is 0 Å². The molecule has 5 rings (SSSR count). The molecule has 10 heteroatoms. The van der Waals surface area contributed by atoms with Crippen LogP contribution >= 0.6 is 22.7 Å². The Hall–Kier alpha value is -2.34. The van der Waals surface area contributed by atoms with Crippen LogP contribution in [-0.4, -0.2) is 89.0 Å². The van der Waals surface area contributed by atoms with Crippen LogP contribution in [0.25, 0.3) is 20.4 Å². The highest BCUT2D eigenvalue weighted by atomic mass is 32.1. The summed E-state index contributed by atoms with van der Waals surface area (Å²) in [5, 5.41) is 2.00. The van der Waals surface area contributed by atoms with Crippen LogP contribution in [0, 0.1) is 0 Å². The van der Waals surface area contributed by atoms with Crippen LogP contribution in [0.5, 0.6) is 0 Å². The normalized spacial score (nSPS) is 18.3. The second-order valence-corrected chi connectivity index (χ2v) is 10.4. The van der Waals surface area contributed by atoms with Crippen molar-refractivity contribution in [2.75, 3.05) is 88.8 Å². The molecule has 1 aliphatic heterocycles. The van der Waals surface area contributed by atoms with Gasteiger partial charge < -0.3 is 28.7 Å². The highest BCUT2D eigenvalue weighted by Gasteiger charge is 2.14. The largest absolute Gasteiger partial charge is 0.377 e. The van der Waals surface area contributed by atoms with Crippen molar-refractivity contribution in [2.24, 2.45) is 0 Å². The lowest BCUT2D eigenvalue weighted by Gasteiger charge is -2.23. The average Bonchev–Trinajstić information content (AvgIpc) is 3.53. The SMILES string of the molecule is c1ccc2sc(N3CCOCCOCCN(c4nc5ccccc5s4)CCOCCOCC3)nc2c1. The van der Waals surface area contributed by atoms with E-state index in [4.69, 9.17) is 28.9 Å². The molecule has 3 heterocycles. The molecule has 8 nitrogen and oxygen atoms in total. The van der Waals surface area contributed by atoms with E-state index in [2.05, 4.69) is 34.1 Å². The number of nitrogens with zero attached hydrogens (tertiary/aromatic N) is 4. The zero-order valence-electron chi connectivity index (χ0n) is 20.3. The van der Waals surface area contributed by atoms with Gasteiger partial charge >= 0.3 is 0 Å².